The largest absolute Gasteiger partial charge is 0.360 e. The highest BCUT2D eigenvalue weighted by atomic mass is 16.5. The highest BCUT2D eigenvalue weighted by Crippen LogP contribution is 2.20. The predicted octanol–water partition coefficient (Wildman–Crippen LogP) is 3.08. The average Bonchev–Trinajstić information content (AvgIpc) is 2.93. The second kappa shape index (κ2) is 6.76. The average molecular weight is 315 g/mol. The number of anilines is 2. The van der Waals surface area contributed by atoms with Crippen LogP contribution in [-0.2, 0) is 0 Å². The predicted molar refractivity (Wildman–Crippen MR) is 86.5 cm³/mol. The maximum Gasteiger partial charge on any atom is 0.275 e. The minimum absolute atomic E-state index is 0.316. The maximum atomic E-state index is 12.3. The van der Waals surface area contributed by atoms with E-state index in [0.717, 1.165) is 18.5 Å². The third-order valence-electron chi connectivity index (χ3n) is 3.89. The van der Waals surface area contributed by atoms with Crippen LogP contribution in [0.1, 0.15) is 54.0 Å². The van der Waals surface area contributed by atoms with Gasteiger partial charge >= 0.3 is 0 Å². The summed E-state index contributed by atoms with van der Waals surface area (Å²) in [5.41, 5.74) is 1.07. The highest BCUT2D eigenvalue weighted by molar-refractivity contribution is 6.02. The van der Waals surface area contributed by atoms with E-state index in [4.69, 9.17) is 4.52 Å². The van der Waals surface area contributed by atoms with Gasteiger partial charge in [0.05, 0.1) is 0 Å². The van der Waals surface area contributed by atoms with Gasteiger partial charge in [-0.2, -0.15) is 0 Å². The van der Waals surface area contributed by atoms with Crippen LogP contribution in [0.4, 0.5) is 11.8 Å². The van der Waals surface area contributed by atoms with Gasteiger partial charge in [-0.05, 0) is 32.8 Å². The van der Waals surface area contributed by atoms with Crippen LogP contribution in [0.15, 0.2) is 16.7 Å². The van der Waals surface area contributed by atoms with Crippen molar-refractivity contribution in [1.82, 2.24) is 15.1 Å². The SMILES string of the molecule is Cc1cc(C(=O)Nc2cc(C)on2)nc(NC2CCCCC2)n1. The van der Waals surface area contributed by atoms with E-state index in [9.17, 15) is 4.79 Å². The van der Waals surface area contributed by atoms with Crippen molar-refractivity contribution >= 4 is 17.7 Å². The lowest BCUT2D eigenvalue weighted by molar-refractivity contribution is 0.102. The van der Waals surface area contributed by atoms with E-state index in [1.807, 2.05) is 6.92 Å². The third kappa shape index (κ3) is 4.06. The van der Waals surface area contributed by atoms with Crippen LogP contribution >= 0.6 is 0 Å². The van der Waals surface area contributed by atoms with Gasteiger partial charge in [0.2, 0.25) is 5.95 Å². The first-order chi connectivity index (χ1) is 11.1. The molecule has 1 aliphatic carbocycles. The third-order valence-corrected chi connectivity index (χ3v) is 3.89. The van der Waals surface area contributed by atoms with E-state index < -0.39 is 0 Å². The summed E-state index contributed by atoms with van der Waals surface area (Å²) >= 11 is 0. The minimum Gasteiger partial charge on any atom is -0.360 e. The molecule has 23 heavy (non-hydrogen) atoms. The number of carbonyl (C=O) groups is 1. The van der Waals surface area contributed by atoms with Gasteiger partial charge in [-0.3, -0.25) is 4.79 Å². The fraction of sp³-hybridized carbons (Fsp3) is 0.500. The number of hydrogen-bond donors (Lipinski definition) is 2. The Hall–Kier alpha value is -2.44. The van der Waals surface area contributed by atoms with Crippen LogP contribution in [0.5, 0.6) is 0 Å². The number of nitrogens with zero attached hydrogens (tertiary/aromatic N) is 3. The summed E-state index contributed by atoms with van der Waals surface area (Å²) in [5, 5.41) is 9.78. The van der Waals surface area contributed by atoms with Crippen molar-refractivity contribution < 1.29 is 9.32 Å². The van der Waals surface area contributed by atoms with E-state index in [1.165, 1.54) is 19.3 Å². The fourth-order valence-electron chi connectivity index (χ4n) is 2.78. The molecule has 1 fully saturated rings. The Labute approximate surface area is 134 Å². The van der Waals surface area contributed by atoms with Gasteiger partial charge < -0.3 is 15.2 Å². The number of amides is 1. The molecule has 7 nitrogen and oxygen atoms in total. The van der Waals surface area contributed by atoms with Crippen molar-refractivity contribution in [3.63, 3.8) is 0 Å². The topological polar surface area (TPSA) is 92.9 Å². The second-order valence-corrected chi connectivity index (χ2v) is 5.97. The quantitative estimate of drug-likeness (QED) is 0.900. The molecule has 0 spiro atoms. The number of carbonyl (C=O) groups excluding carboxylic acids is 1. The summed E-state index contributed by atoms with van der Waals surface area (Å²) < 4.78 is 4.94. The zero-order valence-corrected chi connectivity index (χ0v) is 13.4. The summed E-state index contributed by atoms with van der Waals surface area (Å²) in [6.07, 6.45) is 5.98. The smallest absolute Gasteiger partial charge is 0.275 e. The number of hydrogen-bond acceptors (Lipinski definition) is 6. The van der Waals surface area contributed by atoms with E-state index in [-0.39, 0.29) is 5.91 Å². The van der Waals surface area contributed by atoms with Gasteiger partial charge in [0.1, 0.15) is 11.5 Å². The van der Waals surface area contributed by atoms with Crippen molar-refractivity contribution in [3.8, 4) is 0 Å². The summed E-state index contributed by atoms with van der Waals surface area (Å²) in [7, 11) is 0. The molecule has 1 amide bonds. The standard InChI is InChI=1S/C16H21N5O2/c1-10-8-13(15(22)20-14-9-11(2)23-21-14)19-16(17-10)18-12-6-4-3-5-7-12/h8-9,12H,3-7H2,1-2H3,(H,17,18,19)(H,20,21,22). The molecule has 2 heterocycles. The molecule has 1 saturated carbocycles. The molecule has 122 valence electrons. The Balaban J connectivity index is 1.72. The number of rotatable bonds is 4. The molecule has 2 aromatic rings. The second-order valence-electron chi connectivity index (χ2n) is 5.97. The van der Waals surface area contributed by atoms with Crippen molar-refractivity contribution in [2.24, 2.45) is 0 Å². The number of aryl methyl sites for hydroxylation is 2. The molecule has 2 N–H and O–H groups in total. The molecule has 1 aliphatic rings. The summed E-state index contributed by atoms with van der Waals surface area (Å²) in [5.74, 6) is 1.21. The van der Waals surface area contributed by atoms with E-state index in [0.29, 0.717) is 29.3 Å². The van der Waals surface area contributed by atoms with Crippen molar-refractivity contribution in [3.05, 3.63) is 29.3 Å². The van der Waals surface area contributed by atoms with Crippen LogP contribution < -0.4 is 10.6 Å². The lowest BCUT2D eigenvalue weighted by Gasteiger charge is -2.22. The molecule has 0 radical (unpaired) electrons. The molecule has 0 bridgehead atoms. The van der Waals surface area contributed by atoms with Gasteiger partial charge in [-0.25, -0.2) is 9.97 Å². The molecule has 0 aliphatic heterocycles. The summed E-state index contributed by atoms with van der Waals surface area (Å²) in [4.78, 5) is 21.0. The van der Waals surface area contributed by atoms with E-state index in [2.05, 4.69) is 25.8 Å². The lowest BCUT2D eigenvalue weighted by Crippen LogP contribution is -2.24. The zero-order valence-electron chi connectivity index (χ0n) is 13.4. The summed E-state index contributed by atoms with van der Waals surface area (Å²) in [6, 6.07) is 3.71. The maximum absolute atomic E-state index is 12.3. The lowest BCUT2D eigenvalue weighted by atomic mass is 9.96. The van der Waals surface area contributed by atoms with E-state index in [1.54, 1.807) is 19.1 Å². The van der Waals surface area contributed by atoms with Crippen LogP contribution in [0.3, 0.4) is 0 Å². The van der Waals surface area contributed by atoms with Crippen LogP contribution in [0, 0.1) is 13.8 Å². The molecule has 0 saturated heterocycles. The Morgan fingerprint density at radius 3 is 2.65 bits per heavy atom. The Morgan fingerprint density at radius 2 is 1.96 bits per heavy atom. The highest BCUT2D eigenvalue weighted by Gasteiger charge is 2.17. The van der Waals surface area contributed by atoms with Crippen LogP contribution in [0.25, 0.3) is 0 Å². The first-order valence-electron chi connectivity index (χ1n) is 7.97. The van der Waals surface area contributed by atoms with Crippen LogP contribution in [-0.4, -0.2) is 27.1 Å². The van der Waals surface area contributed by atoms with Crippen molar-refractivity contribution in [2.45, 2.75) is 52.0 Å². The molecular weight excluding hydrogens is 294 g/mol. The summed E-state index contributed by atoms with van der Waals surface area (Å²) in [6.45, 7) is 3.62. The van der Waals surface area contributed by atoms with E-state index >= 15 is 0 Å². The normalized spacial score (nSPS) is 15.4. The van der Waals surface area contributed by atoms with Crippen molar-refractivity contribution in [2.75, 3.05) is 10.6 Å². The van der Waals surface area contributed by atoms with Gasteiger partial charge in [-0.1, -0.05) is 24.4 Å². The zero-order chi connectivity index (χ0) is 16.2. The van der Waals surface area contributed by atoms with Gasteiger partial charge in [0.15, 0.2) is 5.82 Å². The van der Waals surface area contributed by atoms with Gasteiger partial charge in [0.25, 0.3) is 5.91 Å². The monoisotopic (exact) mass is 315 g/mol. The fourth-order valence-corrected chi connectivity index (χ4v) is 2.78. The number of aromatic nitrogens is 3. The Kier molecular flexibility index (Phi) is 4.55. The molecule has 0 unspecified atom stereocenters. The van der Waals surface area contributed by atoms with Gasteiger partial charge in [-0.15, -0.1) is 0 Å². The molecule has 2 aromatic heterocycles. The number of nitrogens with one attached hydrogen (secondary N) is 2. The van der Waals surface area contributed by atoms with Crippen LogP contribution in [0.2, 0.25) is 0 Å². The molecular formula is C16H21N5O2. The molecule has 0 aromatic carbocycles. The van der Waals surface area contributed by atoms with Gasteiger partial charge in [0, 0.05) is 17.8 Å². The minimum atomic E-state index is -0.324. The first kappa shape index (κ1) is 15.5. The first-order valence-corrected chi connectivity index (χ1v) is 7.97. The Morgan fingerprint density at radius 1 is 1.17 bits per heavy atom. The van der Waals surface area contributed by atoms with Crippen molar-refractivity contribution in [1.29, 1.82) is 0 Å². The molecule has 0 atom stereocenters. The Bertz CT molecular complexity index is 692. The molecule has 7 heteroatoms. The molecule has 3 rings (SSSR count).